The molecule has 0 rings (SSSR count). The zero-order valence-corrected chi connectivity index (χ0v) is 20.8. The summed E-state index contributed by atoms with van der Waals surface area (Å²) in [5.41, 5.74) is 5.82. The number of rotatable bonds is 20. The highest BCUT2D eigenvalue weighted by Crippen LogP contribution is 2.21. The van der Waals surface area contributed by atoms with Crippen molar-refractivity contribution < 1.29 is 29.7 Å². The summed E-state index contributed by atoms with van der Waals surface area (Å²) in [6.07, 6.45) is 21.1. The van der Waals surface area contributed by atoms with Crippen molar-refractivity contribution in [1.82, 2.24) is 5.32 Å². The molecule has 3 atom stereocenters. The van der Waals surface area contributed by atoms with Crippen LogP contribution in [-0.2, 0) is 14.4 Å². The van der Waals surface area contributed by atoms with Crippen molar-refractivity contribution in [2.24, 2.45) is 5.73 Å². The van der Waals surface area contributed by atoms with E-state index in [0.29, 0.717) is 12.8 Å². The maximum atomic E-state index is 11.9. The minimum Gasteiger partial charge on any atom is -0.481 e. The van der Waals surface area contributed by atoms with E-state index in [1.807, 2.05) is 24.3 Å². The van der Waals surface area contributed by atoms with E-state index in [9.17, 15) is 19.5 Å². The predicted octanol–water partition coefficient (Wildman–Crippen LogP) is 3.43. The molecule has 0 radical (unpaired) electrons. The zero-order valence-electron chi connectivity index (χ0n) is 20.0. The van der Waals surface area contributed by atoms with Crippen molar-refractivity contribution in [2.75, 3.05) is 12.3 Å². The Labute approximate surface area is 207 Å². The minimum atomic E-state index is -1.16. The molecule has 6 N–H and O–H groups in total. The first-order valence-corrected chi connectivity index (χ1v) is 12.7. The van der Waals surface area contributed by atoms with Gasteiger partial charge in [0.2, 0.25) is 5.91 Å². The van der Waals surface area contributed by atoms with Gasteiger partial charge in [-0.2, -0.15) is 0 Å². The molecule has 0 saturated heterocycles. The van der Waals surface area contributed by atoms with E-state index in [4.69, 9.17) is 15.9 Å². The van der Waals surface area contributed by atoms with Crippen LogP contribution in [0, 0.1) is 0 Å². The summed E-state index contributed by atoms with van der Waals surface area (Å²) in [5.74, 6) is -2.49. The number of nitrogens with two attached hydrogens (primary N) is 1. The van der Waals surface area contributed by atoms with Gasteiger partial charge in [0, 0.05) is 17.4 Å². The second kappa shape index (κ2) is 21.2. The van der Waals surface area contributed by atoms with Crippen molar-refractivity contribution in [3.63, 3.8) is 0 Å². The molecule has 0 fully saturated rings. The molecule has 0 aliphatic carbocycles. The number of unbranched alkanes of at least 4 members (excludes halogenated alkanes) is 3. The van der Waals surface area contributed by atoms with Gasteiger partial charge in [0.25, 0.3) is 0 Å². The van der Waals surface area contributed by atoms with Crippen LogP contribution in [0.5, 0.6) is 0 Å². The lowest BCUT2D eigenvalue weighted by Crippen LogP contribution is -2.44. The molecule has 192 valence electrons. The van der Waals surface area contributed by atoms with Crippen molar-refractivity contribution >= 4 is 29.6 Å². The highest BCUT2D eigenvalue weighted by molar-refractivity contribution is 8.00. The van der Waals surface area contributed by atoms with Crippen LogP contribution in [0.1, 0.15) is 58.3 Å². The van der Waals surface area contributed by atoms with E-state index >= 15 is 0 Å². The van der Waals surface area contributed by atoms with E-state index in [1.54, 1.807) is 12.2 Å². The van der Waals surface area contributed by atoms with Crippen LogP contribution in [0.25, 0.3) is 0 Å². The fourth-order valence-corrected chi connectivity index (χ4v) is 3.91. The summed E-state index contributed by atoms with van der Waals surface area (Å²) in [7, 11) is 0. The first-order chi connectivity index (χ1) is 16.3. The average Bonchev–Trinajstić information content (AvgIpc) is 2.79. The van der Waals surface area contributed by atoms with Gasteiger partial charge in [-0.15, -0.1) is 11.8 Å². The molecule has 34 heavy (non-hydrogen) atoms. The van der Waals surface area contributed by atoms with Crippen molar-refractivity contribution in [3.8, 4) is 0 Å². The number of amides is 1. The van der Waals surface area contributed by atoms with E-state index in [1.165, 1.54) is 31.0 Å². The molecule has 0 aliphatic heterocycles. The molecular formula is C25H40N2O6S. The molecule has 0 heterocycles. The van der Waals surface area contributed by atoms with Gasteiger partial charge < -0.3 is 26.4 Å². The largest absolute Gasteiger partial charge is 0.481 e. The SMILES string of the molecule is CCCCC/C=C\C\C=C/C=C/C=C/[C@@H](SC[C@@H](N)C(=O)NCC(=O)O)[C@@H](O)CCCC(=O)O. The Bertz CT molecular complexity index is 706. The van der Waals surface area contributed by atoms with Crippen molar-refractivity contribution in [3.05, 3.63) is 48.6 Å². The third-order valence-corrected chi connectivity index (χ3v) is 6.08. The minimum absolute atomic E-state index is 0.0347. The van der Waals surface area contributed by atoms with E-state index in [0.717, 1.165) is 12.8 Å². The van der Waals surface area contributed by atoms with Crippen LogP contribution in [0.2, 0.25) is 0 Å². The number of hydrogen-bond acceptors (Lipinski definition) is 6. The first kappa shape index (κ1) is 31.6. The Morgan fingerprint density at radius 2 is 1.71 bits per heavy atom. The molecule has 0 spiro atoms. The smallest absolute Gasteiger partial charge is 0.322 e. The Morgan fingerprint density at radius 3 is 2.38 bits per heavy atom. The summed E-state index contributed by atoms with van der Waals surface area (Å²) in [4.78, 5) is 33.2. The van der Waals surface area contributed by atoms with Crippen LogP contribution in [-0.4, -0.2) is 62.9 Å². The number of carbonyl (C=O) groups excluding carboxylic acids is 1. The van der Waals surface area contributed by atoms with Gasteiger partial charge in [-0.3, -0.25) is 14.4 Å². The number of nitrogens with one attached hydrogen (secondary N) is 1. The molecule has 0 aliphatic rings. The standard InChI is InChI=1S/C25H40N2O6S/c1-2-3-4-5-6-7-8-9-10-11-12-13-16-22(21(28)15-14-17-23(29)30)34-19-20(26)25(33)27-18-24(31)32/h6-7,9-13,16,20-22,28H,2-5,8,14-15,17-19,26H2,1H3,(H,27,33)(H,29,30)(H,31,32)/b7-6-,10-9-,12-11+,16-13+/t20-,21+,22-/m1/s1. The number of hydrogen-bond donors (Lipinski definition) is 5. The molecule has 1 amide bonds. The fraction of sp³-hybridized carbons (Fsp3) is 0.560. The van der Waals surface area contributed by atoms with E-state index < -0.39 is 41.8 Å². The lowest BCUT2D eigenvalue weighted by Gasteiger charge is -2.21. The number of aliphatic hydroxyl groups is 1. The lowest BCUT2D eigenvalue weighted by molar-refractivity contribution is -0.138. The van der Waals surface area contributed by atoms with Crippen molar-refractivity contribution in [2.45, 2.75) is 75.7 Å². The molecule has 9 heteroatoms. The van der Waals surface area contributed by atoms with Crippen molar-refractivity contribution in [1.29, 1.82) is 0 Å². The number of carboxylic acids is 2. The number of carboxylic acid groups (broad SMARTS) is 2. The van der Waals surface area contributed by atoms with Crippen LogP contribution in [0.15, 0.2) is 48.6 Å². The third-order valence-electron chi connectivity index (χ3n) is 4.67. The molecule has 8 nitrogen and oxygen atoms in total. The Morgan fingerprint density at radius 1 is 0.971 bits per heavy atom. The summed E-state index contributed by atoms with van der Waals surface area (Å²) in [5, 5.41) is 29.8. The van der Waals surface area contributed by atoms with Gasteiger partial charge in [-0.05, 0) is 32.1 Å². The normalized spacial score (nSPS) is 14.8. The fourth-order valence-electron chi connectivity index (χ4n) is 2.77. The number of aliphatic hydroxyl groups excluding tert-OH is 1. The second-order valence-electron chi connectivity index (χ2n) is 7.77. The quantitative estimate of drug-likeness (QED) is 0.0977. The number of thioether (sulfide) groups is 1. The predicted molar refractivity (Wildman–Crippen MR) is 138 cm³/mol. The summed E-state index contributed by atoms with van der Waals surface area (Å²) < 4.78 is 0. The second-order valence-corrected chi connectivity index (χ2v) is 8.98. The molecule has 0 unspecified atom stereocenters. The van der Waals surface area contributed by atoms with Crippen LogP contribution >= 0.6 is 11.8 Å². The Balaban J connectivity index is 4.70. The summed E-state index contributed by atoms with van der Waals surface area (Å²) in [6.45, 7) is 1.68. The topological polar surface area (TPSA) is 150 Å². The maximum absolute atomic E-state index is 11.9. The van der Waals surface area contributed by atoms with E-state index in [-0.39, 0.29) is 12.2 Å². The maximum Gasteiger partial charge on any atom is 0.322 e. The molecule has 0 aromatic heterocycles. The van der Waals surface area contributed by atoms with Gasteiger partial charge in [-0.25, -0.2) is 0 Å². The van der Waals surface area contributed by atoms with E-state index in [2.05, 4.69) is 24.4 Å². The zero-order chi connectivity index (χ0) is 25.6. The molecular weight excluding hydrogens is 456 g/mol. The van der Waals surface area contributed by atoms with Gasteiger partial charge in [0.05, 0.1) is 12.1 Å². The van der Waals surface area contributed by atoms with Crippen LogP contribution in [0.4, 0.5) is 0 Å². The molecule has 0 aromatic carbocycles. The van der Waals surface area contributed by atoms with Gasteiger partial charge in [0.1, 0.15) is 6.54 Å². The number of aliphatic carboxylic acids is 2. The average molecular weight is 497 g/mol. The van der Waals surface area contributed by atoms with Gasteiger partial charge in [-0.1, -0.05) is 68.4 Å². The molecule has 0 aromatic rings. The van der Waals surface area contributed by atoms with Crippen LogP contribution < -0.4 is 11.1 Å². The molecule has 0 saturated carbocycles. The van der Waals surface area contributed by atoms with Gasteiger partial charge in [0.15, 0.2) is 0 Å². The molecule has 0 bridgehead atoms. The highest BCUT2D eigenvalue weighted by atomic mass is 32.2. The third kappa shape index (κ3) is 19.1. The number of carbonyl (C=O) groups is 3. The lowest BCUT2D eigenvalue weighted by atomic mass is 10.1. The Kier molecular flexibility index (Phi) is 19.7. The monoisotopic (exact) mass is 496 g/mol. The number of allylic oxidation sites excluding steroid dienone is 7. The summed E-state index contributed by atoms with van der Waals surface area (Å²) in [6, 6.07) is -0.931. The van der Waals surface area contributed by atoms with Gasteiger partial charge >= 0.3 is 11.9 Å². The highest BCUT2D eigenvalue weighted by Gasteiger charge is 2.21. The first-order valence-electron chi connectivity index (χ1n) is 11.7. The Hall–Kier alpha value is -2.36. The summed E-state index contributed by atoms with van der Waals surface area (Å²) >= 11 is 1.26. The van der Waals surface area contributed by atoms with Crippen LogP contribution in [0.3, 0.4) is 0 Å².